The Balaban J connectivity index is 2.86. The van der Waals surface area contributed by atoms with Crippen molar-refractivity contribution in [1.82, 2.24) is 10.2 Å². The first-order chi connectivity index (χ1) is 5.27. The van der Waals surface area contributed by atoms with Crippen molar-refractivity contribution in [3.05, 3.63) is 27.8 Å². The Bertz CT molecular complexity index is 396. The zero-order valence-electron chi connectivity index (χ0n) is 5.44. The van der Waals surface area contributed by atoms with Crippen molar-refractivity contribution in [3.63, 3.8) is 0 Å². The summed E-state index contributed by atoms with van der Waals surface area (Å²) in [7, 11) is 0. The molecule has 0 aliphatic heterocycles. The summed E-state index contributed by atoms with van der Waals surface area (Å²) in [4.78, 5) is 0. The third-order valence-corrected chi connectivity index (χ3v) is 2.26. The maximum atomic E-state index is 5.77. The largest absolute Gasteiger partial charge is 0.276 e. The molecule has 2 rings (SSSR count). The highest BCUT2D eigenvalue weighted by Crippen LogP contribution is 2.23. The number of halogens is 2. The lowest BCUT2D eigenvalue weighted by atomic mass is 10.3. The van der Waals surface area contributed by atoms with Crippen molar-refractivity contribution in [2.45, 2.75) is 0 Å². The van der Waals surface area contributed by atoms with E-state index in [1.165, 1.54) is 0 Å². The Morgan fingerprint density at radius 3 is 3.09 bits per heavy atom. The second-order valence-electron chi connectivity index (χ2n) is 2.20. The molecule has 1 N–H and O–H groups in total. The molecule has 0 amide bonds. The quantitative estimate of drug-likeness (QED) is 0.742. The Hall–Kier alpha value is -0.540. The van der Waals surface area contributed by atoms with E-state index in [-0.39, 0.29) is 0 Å². The van der Waals surface area contributed by atoms with E-state index in [4.69, 9.17) is 11.6 Å². The van der Waals surface area contributed by atoms with Crippen molar-refractivity contribution in [1.29, 1.82) is 0 Å². The molecule has 0 fully saturated rings. The monoisotopic (exact) mass is 230 g/mol. The lowest BCUT2D eigenvalue weighted by molar-refractivity contribution is 1.12. The molecule has 11 heavy (non-hydrogen) atoms. The number of hydrogen-bond acceptors (Lipinski definition) is 1. The van der Waals surface area contributed by atoms with Crippen molar-refractivity contribution in [2.24, 2.45) is 0 Å². The lowest BCUT2D eigenvalue weighted by Gasteiger charge is -1.88. The van der Waals surface area contributed by atoms with E-state index in [0.717, 1.165) is 15.4 Å². The zero-order chi connectivity index (χ0) is 7.84. The molecule has 1 aromatic carbocycles. The summed E-state index contributed by atoms with van der Waals surface area (Å²) in [5.41, 5.74) is 0.948. The number of H-pyrrole nitrogens is 1. The second kappa shape index (κ2) is 2.50. The number of hydrogen-bond donors (Lipinski definition) is 1. The Labute approximate surface area is 76.7 Å². The van der Waals surface area contributed by atoms with Crippen LogP contribution in [0.4, 0.5) is 0 Å². The normalized spacial score (nSPS) is 10.7. The van der Waals surface area contributed by atoms with Gasteiger partial charge in [0.25, 0.3) is 0 Å². The predicted octanol–water partition coefficient (Wildman–Crippen LogP) is 2.98. The molecule has 0 unspecified atom stereocenters. The molecule has 56 valence electrons. The Morgan fingerprint density at radius 2 is 2.27 bits per heavy atom. The van der Waals surface area contributed by atoms with E-state index in [2.05, 4.69) is 26.1 Å². The highest BCUT2D eigenvalue weighted by molar-refractivity contribution is 9.10. The van der Waals surface area contributed by atoms with Crippen LogP contribution in [0.5, 0.6) is 0 Å². The molecule has 0 atom stereocenters. The summed E-state index contributed by atoms with van der Waals surface area (Å²) < 4.78 is 1.02. The van der Waals surface area contributed by atoms with Gasteiger partial charge >= 0.3 is 0 Å². The van der Waals surface area contributed by atoms with Crippen LogP contribution in [-0.4, -0.2) is 10.2 Å². The highest BCUT2D eigenvalue weighted by Gasteiger charge is 2.01. The van der Waals surface area contributed by atoms with E-state index in [0.29, 0.717) is 5.15 Å². The Kier molecular flexibility index (Phi) is 1.62. The first kappa shape index (κ1) is 7.13. The zero-order valence-corrected chi connectivity index (χ0v) is 7.78. The van der Waals surface area contributed by atoms with E-state index < -0.39 is 0 Å². The van der Waals surface area contributed by atoms with Gasteiger partial charge in [0.15, 0.2) is 5.15 Å². The molecule has 2 aromatic rings. The molecule has 0 aliphatic rings. The highest BCUT2D eigenvalue weighted by atomic mass is 79.9. The van der Waals surface area contributed by atoms with Crippen LogP contribution >= 0.6 is 27.5 Å². The SMILES string of the molecule is Clc1n[nH]c2cc(Br)ccc12. The fourth-order valence-corrected chi connectivity index (χ4v) is 1.53. The average Bonchev–Trinajstić information content (AvgIpc) is 2.32. The number of nitrogens with zero attached hydrogens (tertiary/aromatic N) is 1. The average molecular weight is 231 g/mol. The number of nitrogens with one attached hydrogen (secondary N) is 1. The summed E-state index contributed by atoms with van der Waals surface area (Å²) in [5, 5.41) is 8.15. The summed E-state index contributed by atoms with van der Waals surface area (Å²) in [6.07, 6.45) is 0. The van der Waals surface area contributed by atoms with Crippen LogP contribution in [0.15, 0.2) is 22.7 Å². The summed E-state index contributed by atoms with van der Waals surface area (Å²) in [5.74, 6) is 0. The van der Waals surface area contributed by atoms with E-state index >= 15 is 0 Å². The summed E-state index contributed by atoms with van der Waals surface area (Å²) in [6.45, 7) is 0. The molecule has 1 aromatic heterocycles. The van der Waals surface area contributed by atoms with Crippen LogP contribution in [0, 0.1) is 0 Å². The number of rotatable bonds is 0. The number of aromatic nitrogens is 2. The van der Waals surface area contributed by atoms with Crippen LogP contribution in [0.2, 0.25) is 5.15 Å². The van der Waals surface area contributed by atoms with E-state index in [9.17, 15) is 0 Å². The van der Waals surface area contributed by atoms with Gasteiger partial charge in [0.05, 0.1) is 5.52 Å². The summed E-state index contributed by atoms with van der Waals surface area (Å²) >= 11 is 9.12. The van der Waals surface area contributed by atoms with Crippen LogP contribution in [-0.2, 0) is 0 Å². The lowest BCUT2D eigenvalue weighted by Crippen LogP contribution is -1.67. The molecule has 0 spiro atoms. The number of benzene rings is 1. The maximum Gasteiger partial charge on any atom is 0.158 e. The van der Waals surface area contributed by atoms with Gasteiger partial charge in [-0.2, -0.15) is 5.10 Å². The van der Waals surface area contributed by atoms with Gasteiger partial charge in [-0.1, -0.05) is 27.5 Å². The van der Waals surface area contributed by atoms with Crippen LogP contribution in [0.3, 0.4) is 0 Å². The standard InChI is InChI=1S/C7H4BrClN2/c8-4-1-2-5-6(3-4)10-11-7(5)9/h1-3H,(H,10,11). The first-order valence-electron chi connectivity index (χ1n) is 3.06. The van der Waals surface area contributed by atoms with Crippen LogP contribution < -0.4 is 0 Å². The minimum atomic E-state index is 0.521. The Morgan fingerprint density at radius 1 is 1.45 bits per heavy atom. The first-order valence-corrected chi connectivity index (χ1v) is 4.23. The minimum absolute atomic E-state index is 0.521. The smallest absolute Gasteiger partial charge is 0.158 e. The molecule has 0 bridgehead atoms. The van der Waals surface area contributed by atoms with Crippen molar-refractivity contribution in [3.8, 4) is 0 Å². The molecule has 0 saturated carbocycles. The van der Waals surface area contributed by atoms with Gasteiger partial charge in [-0.25, -0.2) is 0 Å². The van der Waals surface area contributed by atoms with Gasteiger partial charge in [0.2, 0.25) is 0 Å². The molecule has 2 nitrogen and oxygen atoms in total. The fraction of sp³-hybridized carbons (Fsp3) is 0. The molecule has 0 saturated heterocycles. The molecule has 4 heteroatoms. The van der Waals surface area contributed by atoms with Gasteiger partial charge in [-0.3, -0.25) is 5.10 Å². The summed E-state index contributed by atoms with van der Waals surface area (Å²) in [6, 6.07) is 5.79. The third-order valence-electron chi connectivity index (χ3n) is 1.48. The maximum absolute atomic E-state index is 5.77. The van der Waals surface area contributed by atoms with E-state index in [1.54, 1.807) is 0 Å². The van der Waals surface area contributed by atoms with Crippen molar-refractivity contribution in [2.75, 3.05) is 0 Å². The predicted molar refractivity (Wildman–Crippen MR) is 48.8 cm³/mol. The third kappa shape index (κ3) is 1.14. The van der Waals surface area contributed by atoms with Gasteiger partial charge in [-0.15, -0.1) is 0 Å². The number of aromatic amines is 1. The molecule has 0 radical (unpaired) electrons. The van der Waals surface area contributed by atoms with Gasteiger partial charge in [0.1, 0.15) is 0 Å². The van der Waals surface area contributed by atoms with Gasteiger partial charge in [0, 0.05) is 9.86 Å². The molecule has 1 heterocycles. The second-order valence-corrected chi connectivity index (χ2v) is 3.48. The van der Waals surface area contributed by atoms with Crippen molar-refractivity contribution < 1.29 is 0 Å². The van der Waals surface area contributed by atoms with Crippen LogP contribution in [0.25, 0.3) is 10.9 Å². The molecule has 0 aliphatic carbocycles. The van der Waals surface area contributed by atoms with Crippen molar-refractivity contribution >= 4 is 38.4 Å². The van der Waals surface area contributed by atoms with Gasteiger partial charge in [-0.05, 0) is 18.2 Å². The minimum Gasteiger partial charge on any atom is -0.276 e. The molecular formula is C7H4BrClN2. The topological polar surface area (TPSA) is 28.7 Å². The van der Waals surface area contributed by atoms with E-state index in [1.807, 2.05) is 18.2 Å². The van der Waals surface area contributed by atoms with Gasteiger partial charge < -0.3 is 0 Å². The fourth-order valence-electron chi connectivity index (χ4n) is 0.958. The number of fused-ring (bicyclic) bond motifs is 1. The molecular weight excluding hydrogens is 227 g/mol. The van der Waals surface area contributed by atoms with Crippen LogP contribution in [0.1, 0.15) is 0 Å².